The van der Waals surface area contributed by atoms with Gasteiger partial charge in [-0.2, -0.15) is 15.8 Å². The molecular formula is C47H26N4. The van der Waals surface area contributed by atoms with Crippen molar-refractivity contribution in [2.24, 2.45) is 0 Å². The van der Waals surface area contributed by atoms with E-state index in [9.17, 15) is 15.8 Å². The van der Waals surface area contributed by atoms with E-state index < -0.39 is 0 Å². The summed E-state index contributed by atoms with van der Waals surface area (Å²) in [4.78, 5) is 0. The normalized spacial score (nSPS) is 11.1. The lowest BCUT2D eigenvalue weighted by Crippen LogP contribution is -1.95. The van der Waals surface area contributed by atoms with Crippen molar-refractivity contribution in [2.75, 3.05) is 0 Å². The molecule has 234 valence electrons. The second-order valence-corrected chi connectivity index (χ2v) is 12.6. The van der Waals surface area contributed by atoms with Crippen LogP contribution in [0, 0.1) is 34.0 Å². The molecule has 0 bridgehead atoms. The molecule has 0 aliphatic rings. The van der Waals surface area contributed by atoms with Crippen molar-refractivity contribution in [3.8, 4) is 57.3 Å². The summed E-state index contributed by atoms with van der Waals surface area (Å²) in [6.45, 7) is 0. The summed E-state index contributed by atoms with van der Waals surface area (Å²) in [6, 6.07) is 60.3. The fourth-order valence-corrected chi connectivity index (χ4v) is 7.61. The minimum Gasteiger partial charge on any atom is -0.309 e. The molecule has 0 saturated heterocycles. The molecule has 0 amide bonds. The molecule has 1 aromatic heterocycles. The van der Waals surface area contributed by atoms with Crippen LogP contribution in [0.25, 0.3) is 82.4 Å². The van der Waals surface area contributed by atoms with E-state index in [4.69, 9.17) is 0 Å². The third kappa shape index (κ3) is 4.74. The van der Waals surface area contributed by atoms with Gasteiger partial charge in [0.2, 0.25) is 0 Å². The lowest BCUT2D eigenvalue weighted by molar-refractivity contribution is 1.18. The Balaban J connectivity index is 1.17. The summed E-state index contributed by atoms with van der Waals surface area (Å²) in [5.41, 5.74) is 10.9. The summed E-state index contributed by atoms with van der Waals surface area (Å²) < 4.78 is 2.16. The van der Waals surface area contributed by atoms with Gasteiger partial charge in [-0.15, -0.1) is 0 Å². The van der Waals surface area contributed by atoms with E-state index in [0.717, 1.165) is 76.9 Å². The zero-order chi connectivity index (χ0) is 34.5. The fourth-order valence-electron chi connectivity index (χ4n) is 7.61. The molecule has 0 unspecified atom stereocenters. The first-order valence-corrected chi connectivity index (χ1v) is 16.7. The van der Waals surface area contributed by atoms with Crippen molar-refractivity contribution in [3.63, 3.8) is 0 Å². The van der Waals surface area contributed by atoms with Gasteiger partial charge in [0, 0.05) is 22.0 Å². The zero-order valence-electron chi connectivity index (χ0n) is 27.3. The van der Waals surface area contributed by atoms with Crippen molar-refractivity contribution in [2.45, 2.75) is 0 Å². The van der Waals surface area contributed by atoms with Gasteiger partial charge in [0.05, 0.1) is 45.9 Å². The highest BCUT2D eigenvalue weighted by Gasteiger charge is 2.19. The Labute approximate surface area is 294 Å². The van der Waals surface area contributed by atoms with E-state index in [-0.39, 0.29) is 0 Å². The smallest absolute Gasteiger partial charge is 0.0998 e. The lowest BCUT2D eigenvalue weighted by atomic mass is 9.84. The maximum atomic E-state index is 10.6. The first-order chi connectivity index (χ1) is 25.2. The Morgan fingerprint density at radius 3 is 1.41 bits per heavy atom. The minimum absolute atomic E-state index is 0.573. The maximum Gasteiger partial charge on any atom is 0.0998 e. The number of hydrogen-bond donors (Lipinski definition) is 0. The molecule has 1 heterocycles. The summed E-state index contributed by atoms with van der Waals surface area (Å²) in [5.74, 6) is 0. The largest absolute Gasteiger partial charge is 0.309 e. The Bertz CT molecular complexity index is 2860. The third-order valence-electron chi connectivity index (χ3n) is 9.89. The van der Waals surface area contributed by atoms with Crippen molar-refractivity contribution in [1.29, 1.82) is 15.8 Å². The SMILES string of the molecule is N#Cc1ccc2c(c1)c1cc(C#N)ccc1n2-c1ccc(-c2ccc(-c3c4ccccc4c(-c4ccccc4)c4ccccc34)c(C#N)c2)cc1. The van der Waals surface area contributed by atoms with Crippen LogP contribution in [0.5, 0.6) is 0 Å². The molecule has 0 saturated carbocycles. The Morgan fingerprint density at radius 1 is 0.373 bits per heavy atom. The maximum absolute atomic E-state index is 10.6. The molecule has 8 aromatic carbocycles. The highest BCUT2D eigenvalue weighted by molar-refractivity contribution is 6.21. The number of nitrogens with zero attached hydrogens (tertiary/aromatic N) is 4. The van der Waals surface area contributed by atoms with Crippen LogP contribution in [0.3, 0.4) is 0 Å². The van der Waals surface area contributed by atoms with E-state index in [0.29, 0.717) is 16.7 Å². The van der Waals surface area contributed by atoms with Gasteiger partial charge >= 0.3 is 0 Å². The number of fused-ring (bicyclic) bond motifs is 5. The molecule has 0 aliphatic carbocycles. The monoisotopic (exact) mass is 646 g/mol. The van der Waals surface area contributed by atoms with Gasteiger partial charge < -0.3 is 4.57 Å². The fraction of sp³-hybridized carbons (Fsp3) is 0. The molecule has 4 heteroatoms. The Morgan fingerprint density at radius 2 is 0.882 bits per heavy atom. The molecular weight excluding hydrogens is 621 g/mol. The Kier molecular flexibility index (Phi) is 6.93. The van der Waals surface area contributed by atoms with Gasteiger partial charge in [-0.3, -0.25) is 0 Å². The highest BCUT2D eigenvalue weighted by atomic mass is 15.0. The van der Waals surface area contributed by atoms with Crippen molar-refractivity contribution in [1.82, 2.24) is 4.57 Å². The van der Waals surface area contributed by atoms with E-state index >= 15 is 0 Å². The van der Waals surface area contributed by atoms with E-state index in [1.54, 1.807) is 0 Å². The lowest BCUT2D eigenvalue weighted by Gasteiger charge is -2.18. The molecule has 0 N–H and O–H groups in total. The van der Waals surface area contributed by atoms with Gasteiger partial charge in [0.25, 0.3) is 0 Å². The van der Waals surface area contributed by atoms with Crippen molar-refractivity contribution >= 4 is 43.4 Å². The van der Waals surface area contributed by atoms with Crippen LogP contribution in [-0.4, -0.2) is 4.57 Å². The van der Waals surface area contributed by atoms with Crippen LogP contribution >= 0.6 is 0 Å². The van der Waals surface area contributed by atoms with Crippen molar-refractivity contribution in [3.05, 3.63) is 174 Å². The Hall–Kier alpha value is -7.45. The molecule has 0 aliphatic heterocycles. The molecule has 4 nitrogen and oxygen atoms in total. The predicted octanol–water partition coefficient (Wildman–Crippen LogP) is 11.7. The first-order valence-electron chi connectivity index (χ1n) is 16.7. The van der Waals surface area contributed by atoms with Crippen LogP contribution in [-0.2, 0) is 0 Å². The van der Waals surface area contributed by atoms with Crippen LogP contribution in [0.1, 0.15) is 16.7 Å². The van der Waals surface area contributed by atoms with Crippen LogP contribution in [0.15, 0.2) is 158 Å². The molecule has 0 atom stereocenters. The summed E-state index contributed by atoms with van der Waals surface area (Å²) in [7, 11) is 0. The minimum atomic E-state index is 0.573. The number of aromatic nitrogens is 1. The summed E-state index contributed by atoms with van der Waals surface area (Å²) in [6.07, 6.45) is 0. The molecule has 51 heavy (non-hydrogen) atoms. The van der Waals surface area contributed by atoms with Crippen LogP contribution in [0.2, 0.25) is 0 Å². The third-order valence-corrected chi connectivity index (χ3v) is 9.89. The van der Waals surface area contributed by atoms with Crippen LogP contribution in [0.4, 0.5) is 0 Å². The summed E-state index contributed by atoms with van der Waals surface area (Å²) >= 11 is 0. The zero-order valence-corrected chi connectivity index (χ0v) is 27.3. The highest BCUT2D eigenvalue weighted by Crippen LogP contribution is 2.45. The van der Waals surface area contributed by atoms with Gasteiger partial charge in [0.15, 0.2) is 0 Å². The van der Waals surface area contributed by atoms with Gasteiger partial charge in [0.1, 0.15) is 0 Å². The molecule has 9 rings (SSSR count). The average Bonchev–Trinajstić information content (AvgIpc) is 3.52. The second kappa shape index (κ2) is 11.9. The first kappa shape index (κ1) is 29.7. The van der Waals surface area contributed by atoms with Gasteiger partial charge in [-0.05, 0) is 104 Å². The van der Waals surface area contributed by atoms with Gasteiger partial charge in [-0.1, -0.05) is 103 Å². The van der Waals surface area contributed by atoms with Crippen molar-refractivity contribution < 1.29 is 0 Å². The predicted molar refractivity (Wildman–Crippen MR) is 206 cm³/mol. The standard InChI is InChI=1S/C47H26N4/c48-27-30-14-22-44-42(24-30)43-25-31(28-49)15-23-45(43)51(44)36-19-16-32(17-20-36)34-18-21-37(35(26-34)29-50)47-40-12-6-4-10-38(40)46(33-8-2-1-3-9-33)39-11-5-7-13-41(39)47/h1-26H. The topological polar surface area (TPSA) is 76.3 Å². The quantitative estimate of drug-likeness (QED) is 0.179. The number of rotatable bonds is 4. The molecule has 0 radical (unpaired) electrons. The van der Waals surface area contributed by atoms with E-state index in [2.05, 4.69) is 132 Å². The van der Waals surface area contributed by atoms with E-state index in [1.165, 1.54) is 5.56 Å². The van der Waals surface area contributed by atoms with Gasteiger partial charge in [-0.25, -0.2) is 0 Å². The second-order valence-electron chi connectivity index (χ2n) is 12.6. The van der Waals surface area contributed by atoms with Crippen LogP contribution < -0.4 is 0 Å². The van der Waals surface area contributed by atoms with E-state index in [1.807, 2.05) is 48.5 Å². The summed E-state index contributed by atoms with van der Waals surface area (Å²) in [5, 5.41) is 36.1. The molecule has 0 fully saturated rings. The number of nitriles is 3. The average molecular weight is 647 g/mol. The number of benzene rings is 8. The molecule has 0 spiro atoms. The number of hydrogen-bond acceptors (Lipinski definition) is 3. The molecule has 9 aromatic rings.